The van der Waals surface area contributed by atoms with Gasteiger partial charge < -0.3 is 65.7 Å². The van der Waals surface area contributed by atoms with Crippen LogP contribution in [0.15, 0.2) is 95.6 Å². The number of halogens is 2. The van der Waals surface area contributed by atoms with E-state index in [1.54, 1.807) is 74.5 Å². The second kappa shape index (κ2) is 34.6. The van der Waals surface area contributed by atoms with E-state index in [1.807, 2.05) is 0 Å². The average molecular weight is 1260 g/mol. The highest BCUT2D eigenvalue weighted by Crippen LogP contribution is 2.24. The van der Waals surface area contributed by atoms with Crippen molar-refractivity contribution in [1.82, 2.24) is 51.1 Å². The van der Waals surface area contributed by atoms with Gasteiger partial charge in [0.15, 0.2) is 0 Å². The number of carbonyl (C=O) groups is 10. The predicted octanol–water partition coefficient (Wildman–Crippen LogP) is 1.73. The number of benzene rings is 3. The molecule has 89 heavy (non-hydrogen) atoms. The van der Waals surface area contributed by atoms with E-state index in [-0.39, 0.29) is 64.8 Å². The third kappa shape index (κ3) is 20.2. The number of hydrogen-bond acceptors (Lipinski definition) is 14. The summed E-state index contributed by atoms with van der Waals surface area (Å²) < 4.78 is 24.9. The number of rotatable bonds is 16. The smallest absolute Gasteiger partial charge is 0.246 e. The first-order valence-corrected chi connectivity index (χ1v) is 29.9. The van der Waals surface area contributed by atoms with Crippen LogP contribution in [0.1, 0.15) is 77.0 Å². The molecule has 2 fully saturated rings. The monoisotopic (exact) mass is 1260 g/mol. The molecule has 3 aromatic carbocycles. The van der Waals surface area contributed by atoms with Crippen LogP contribution < -0.4 is 26.6 Å². The van der Waals surface area contributed by atoms with Crippen molar-refractivity contribution < 1.29 is 66.9 Å². The first kappa shape index (κ1) is 71.6. The lowest BCUT2D eigenvalue weighted by Crippen LogP contribution is -2.62. The number of nitrogens with zero attached hydrogens (tertiary/aromatic N) is 6. The molecule has 2 saturated heterocycles. The van der Waals surface area contributed by atoms with E-state index in [1.165, 1.54) is 84.3 Å². The van der Waals surface area contributed by atoms with Gasteiger partial charge >= 0.3 is 0 Å². The number of aliphatic hydroxyl groups excluding tert-OH is 1. The Morgan fingerprint density at radius 2 is 1.21 bits per heavy atom. The van der Waals surface area contributed by atoms with Crippen molar-refractivity contribution >= 4 is 76.9 Å². The number of aliphatic imine (C=N–C) groups is 1. The number of allylic oxidation sites excluding steroid dienone is 1. The van der Waals surface area contributed by atoms with E-state index in [0.717, 1.165) is 26.8 Å². The Balaban J connectivity index is 1.65. The minimum Gasteiger partial charge on any atom is -0.391 e. The summed E-state index contributed by atoms with van der Waals surface area (Å²) in [6.45, 7) is 6.45. The van der Waals surface area contributed by atoms with Gasteiger partial charge in [0, 0.05) is 97.7 Å². The zero-order chi connectivity index (χ0) is 65.6. The lowest BCUT2D eigenvalue weighted by atomic mass is 9.99. The highest BCUT2D eigenvalue weighted by molar-refractivity contribution is 6.30. The maximum Gasteiger partial charge on any atom is 0.246 e. The summed E-state index contributed by atoms with van der Waals surface area (Å²) in [5.41, 5.74) is 1.88. The van der Waals surface area contributed by atoms with Crippen LogP contribution in [0.25, 0.3) is 0 Å². The Kier molecular flexibility index (Phi) is 27.8. The SMILES string of the molecule is CC=N/C(=C\C)C[C@@H]1NC(=O)[C@H](C)N(C)C(=O)[C@H](CCOC)NC(=O)[C@H]2CCCN2C(=O)[C@H](Cc2ccccc2)N(C)C(=O)C(Cc2ccc(Cl)cc2)NC(=O)C(C(C)O)NC(=O)C(Cc2ccc(F)cc2)NC(=O)CN(CCOC)C(=O)[C@@H](C)N(C)C1=O. The van der Waals surface area contributed by atoms with Crippen molar-refractivity contribution in [1.29, 1.82) is 0 Å². The number of hydrogen-bond donors (Lipinski definition) is 6. The fraction of sp³-hybridized carbons (Fsp3) is 0.508. The fourth-order valence-corrected chi connectivity index (χ4v) is 10.5. The summed E-state index contributed by atoms with van der Waals surface area (Å²) in [6.07, 6.45) is 1.19. The zero-order valence-electron chi connectivity index (χ0n) is 52.2. The van der Waals surface area contributed by atoms with E-state index >= 15 is 9.59 Å². The Hall–Kier alpha value is -8.13. The van der Waals surface area contributed by atoms with Gasteiger partial charge in [-0.3, -0.25) is 52.9 Å². The maximum absolute atomic E-state index is 15.3. The fourth-order valence-electron chi connectivity index (χ4n) is 10.4. The second-order valence-corrected chi connectivity index (χ2v) is 22.6. The van der Waals surface area contributed by atoms with Gasteiger partial charge in [-0.15, -0.1) is 0 Å². The first-order chi connectivity index (χ1) is 42.3. The average Bonchev–Trinajstić information content (AvgIpc) is 2.35. The summed E-state index contributed by atoms with van der Waals surface area (Å²) in [7, 11) is 6.83. The molecule has 0 aromatic heterocycles. The van der Waals surface area contributed by atoms with E-state index in [0.29, 0.717) is 33.8 Å². The van der Waals surface area contributed by atoms with Gasteiger partial charge in [0.05, 0.1) is 19.3 Å². The van der Waals surface area contributed by atoms with Crippen LogP contribution in [0, 0.1) is 5.82 Å². The molecule has 0 saturated carbocycles. The van der Waals surface area contributed by atoms with Crippen molar-refractivity contribution in [2.45, 2.75) is 140 Å². The van der Waals surface area contributed by atoms with Gasteiger partial charge in [-0.2, -0.15) is 0 Å². The Morgan fingerprint density at radius 1 is 0.652 bits per heavy atom. The van der Waals surface area contributed by atoms with Crippen molar-refractivity contribution in [2.75, 3.05) is 68.2 Å². The lowest BCUT2D eigenvalue weighted by Gasteiger charge is -2.36. The summed E-state index contributed by atoms with van der Waals surface area (Å²) in [5.74, 6) is -8.69. The van der Waals surface area contributed by atoms with Gasteiger partial charge in [0.1, 0.15) is 60.2 Å². The van der Waals surface area contributed by atoms with E-state index < -0.39 is 132 Å². The minimum atomic E-state index is -1.81. The summed E-state index contributed by atoms with van der Waals surface area (Å²) in [6, 6.07) is 7.59. The van der Waals surface area contributed by atoms with Crippen LogP contribution in [0.4, 0.5) is 4.39 Å². The molecule has 6 N–H and O–H groups in total. The summed E-state index contributed by atoms with van der Waals surface area (Å²) in [4.78, 5) is 157. The second-order valence-electron chi connectivity index (χ2n) is 22.2. The van der Waals surface area contributed by atoms with E-state index in [9.17, 15) is 47.9 Å². The quantitative estimate of drug-likeness (QED) is 0.112. The van der Waals surface area contributed by atoms with Gasteiger partial charge in [0.25, 0.3) is 0 Å². The summed E-state index contributed by atoms with van der Waals surface area (Å²) in [5, 5.41) is 25.0. The van der Waals surface area contributed by atoms with Crippen LogP contribution in [0.5, 0.6) is 0 Å². The van der Waals surface area contributed by atoms with E-state index in [2.05, 4.69) is 31.6 Å². The highest BCUT2D eigenvalue weighted by Gasteiger charge is 2.43. The summed E-state index contributed by atoms with van der Waals surface area (Å²) >= 11 is 6.26. The van der Waals surface area contributed by atoms with Crippen LogP contribution in [0.3, 0.4) is 0 Å². The van der Waals surface area contributed by atoms with Crippen LogP contribution in [-0.4, -0.2) is 224 Å². The third-order valence-corrected chi connectivity index (χ3v) is 16.2. The zero-order valence-corrected chi connectivity index (χ0v) is 53.0. The number of fused-ring (bicyclic) bond motifs is 1. The molecule has 2 aliphatic rings. The number of methoxy groups -OCH3 is 2. The van der Waals surface area contributed by atoms with E-state index in [4.69, 9.17) is 21.1 Å². The number of aliphatic hydroxyl groups is 1. The van der Waals surface area contributed by atoms with Crippen molar-refractivity contribution in [3.63, 3.8) is 0 Å². The first-order valence-electron chi connectivity index (χ1n) is 29.6. The molecule has 10 amide bonds. The Morgan fingerprint density at radius 3 is 1.82 bits per heavy atom. The van der Waals surface area contributed by atoms with Gasteiger partial charge in [-0.1, -0.05) is 72.3 Å². The molecule has 10 atom stereocenters. The molecule has 0 spiro atoms. The lowest BCUT2D eigenvalue weighted by molar-refractivity contribution is -0.149. The number of ether oxygens (including phenoxy) is 2. The van der Waals surface area contributed by atoms with Crippen LogP contribution in [-0.2, 0) is 76.7 Å². The normalized spacial score (nSPS) is 24.7. The molecule has 2 aliphatic heterocycles. The molecule has 0 aliphatic carbocycles. The topological polar surface area (TPSA) is 298 Å². The molecule has 2 heterocycles. The number of carbonyl (C=O) groups excluding carboxylic acids is 10. The highest BCUT2D eigenvalue weighted by atomic mass is 35.5. The number of amides is 10. The molecule has 0 radical (unpaired) electrons. The van der Waals surface area contributed by atoms with Crippen LogP contribution >= 0.6 is 11.6 Å². The van der Waals surface area contributed by atoms with Crippen molar-refractivity contribution in [3.8, 4) is 0 Å². The molecule has 26 heteroatoms. The Bertz CT molecular complexity index is 3010. The molecule has 24 nitrogen and oxygen atoms in total. The van der Waals surface area contributed by atoms with Crippen molar-refractivity contribution in [2.24, 2.45) is 4.99 Å². The Labute approximate surface area is 524 Å². The maximum atomic E-state index is 15.3. The number of nitrogens with one attached hydrogen (secondary N) is 5. The third-order valence-electron chi connectivity index (χ3n) is 15.9. The van der Waals surface area contributed by atoms with Gasteiger partial charge in [0.2, 0.25) is 59.1 Å². The minimum absolute atomic E-state index is 0.0158. The molecule has 484 valence electrons. The van der Waals surface area contributed by atoms with Crippen molar-refractivity contribution in [3.05, 3.63) is 118 Å². The molecule has 0 bridgehead atoms. The van der Waals surface area contributed by atoms with Gasteiger partial charge in [-0.25, -0.2) is 4.39 Å². The van der Waals surface area contributed by atoms with Gasteiger partial charge in [-0.05, 0) is 94.8 Å². The molecule has 4 unspecified atom stereocenters. The predicted molar refractivity (Wildman–Crippen MR) is 330 cm³/mol. The largest absolute Gasteiger partial charge is 0.391 e. The molecule has 5 rings (SSSR count). The standard InChI is InChI=1S/C63H85ClFN11O13/c1-11-46(66-12-2)36-50-61(85)73(7)39(4)59(83)75(30-32-89-10)37-53(78)67-48(33-43-22-26-45(65)27-23-43)56(80)71-54(40(5)77)58(82)70-49(34-42-20-24-44(64)25-21-42)62(86)74(8)52(35-41-17-14-13-15-18-41)63(87)76-29-16-19-51(76)57(81)68-47(28-31-88-9)60(84)72(6)38(3)55(79)69-50/h11-15,17-18,20-27,38-40,47-52,54,77H,16,19,28-37H2,1-10H3,(H,67,78)(H,68,81)(H,69,79)(H,70,82)(H,71,80)/b46-11-,66-12?/t38-,39+,40?,47-,48?,49?,50-,51+,52-,54?/m0/s1. The molecule has 3 aromatic rings. The van der Waals surface area contributed by atoms with Crippen LogP contribution in [0.2, 0.25) is 5.02 Å². The molecular weight excluding hydrogens is 1170 g/mol. The number of likely N-dealkylation sites (N-methyl/N-ethyl adjacent to an activating group) is 3. The molecular formula is C63H85ClFN11O13.